The molecule has 2 aromatic rings. The number of fused-ring (bicyclic) bond motifs is 1. The fourth-order valence-electron chi connectivity index (χ4n) is 3.15. The number of carbonyl (C=O) groups is 2. The normalized spacial score (nSPS) is 13.0. The van der Waals surface area contributed by atoms with E-state index in [1.807, 2.05) is 11.5 Å². The summed E-state index contributed by atoms with van der Waals surface area (Å²) >= 11 is 6.12. The van der Waals surface area contributed by atoms with E-state index in [-0.39, 0.29) is 11.8 Å². The second-order valence-electron chi connectivity index (χ2n) is 6.40. The fourth-order valence-corrected chi connectivity index (χ4v) is 3.41. The van der Waals surface area contributed by atoms with Gasteiger partial charge in [0, 0.05) is 18.8 Å². The van der Waals surface area contributed by atoms with Gasteiger partial charge in [0.15, 0.2) is 11.5 Å². The van der Waals surface area contributed by atoms with Crippen molar-refractivity contribution < 1.29 is 14.3 Å². The third kappa shape index (κ3) is 4.08. The Morgan fingerprint density at radius 1 is 1.30 bits per heavy atom. The zero-order chi connectivity index (χ0) is 19.4. The zero-order valence-electron chi connectivity index (χ0n) is 15.5. The van der Waals surface area contributed by atoms with Crippen LogP contribution < -0.4 is 15.4 Å². The quantitative estimate of drug-likeness (QED) is 0.792. The average molecular weight is 391 g/mol. The Hall–Kier alpha value is -2.54. The molecule has 2 heterocycles. The molecular weight excluding hydrogens is 368 g/mol. The molecule has 0 saturated carbocycles. The van der Waals surface area contributed by atoms with E-state index >= 15 is 0 Å². The van der Waals surface area contributed by atoms with Crippen molar-refractivity contribution in [3.63, 3.8) is 0 Å². The number of rotatable bonds is 6. The summed E-state index contributed by atoms with van der Waals surface area (Å²) in [5, 5.41) is 6.05. The van der Waals surface area contributed by atoms with Crippen molar-refractivity contribution in [3.8, 4) is 5.75 Å². The molecule has 2 amide bonds. The first-order valence-electron chi connectivity index (χ1n) is 9.07. The minimum atomic E-state index is -0.351. The molecule has 0 aliphatic carbocycles. The highest BCUT2D eigenvalue weighted by Gasteiger charge is 2.27. The van der Waals surface area contributed by atoms with Gasteiger partial charge in [-0.1, -0.05) is 18.5 Å². The Kier molecular flexibility index (Phi) is 6.01. The predicted molar refractivity (Wildman–Crippen MR) is 104 cm³/mol. The van der Waals surface area contributed by atoms with Crippen LogP contribution in [0.3, 0.4) is 0 Å². The van der Waals surface area contributed by atoms with Crippen LogP contribution in [-0.4, -0.2) is 35.0 Å². The number of amides is 2. The van der Waals surface area contributed by atoms with E-state index in [2.05, 4.69) is 15.6 Å². The molecule has 7 nitrogen and oxygen atoms in total. The lowest BCUT2D eigenvalue weighted by Crippen LogP contribution is -2.28. The van der Waals surface area contributed by atoms with Crippen LogP contribution in [0, 0.1) is 0 Å². The minimum Gasteiger partial charge on any atom is -0.495 e. The Labute approximate surface area is 163 Å². The van der Waals surface area contributed by atoms with Gasteiger partial charge in [-0.15, -0.1) is 0 Å². The monoisotopic (exact) mass is 390 g/mol. The lowest BCUT2D eigenvalue weighted by molar-refractivity contribution is 0.0937. The summed E-state index contributed by atoms with van der Waals surface area (Å²) in [6.07, 6.45) is 3.49. The summed E-state index contributed by atoms with van der Waals surface area (Å²) in [6.45, 7) is 3.26. The van der Waals surface area contributed by atoms with Gasteiger partial charge in [0.1, 0.15) is 5.75 Å². The van der Waals surface area contributed by atoms with Gasteiger partial charge in [-0.3, -0.25) is 9.59 Å². The number of hydrogen-bond acceptors (Lipinski definition) is 4. The summed E-state index contributed by atoms with van der Waals surface area (Å²) in [4.78, 5) is 29.6. The second kappa shape index (κ2) is 8.43. The van der Waals surface area contributed by atoms with Crippen LogP contribution >= 0.6 is 11.6 Å². The first-order valence-corrected chi connectivity index (χ1v) is 9.45. The SMILES string of the molecule is CCCNC(=O)c1nc(C(=O)Nc2ccc(OC)c(Cl)c2)c2n1CCCC2. The van der Waals surface area contributed by atoms with E-state index in [0.29, 0.717) is 41.1 Å². The number of nitrogens with zero attached hydrogens (tertiary/aromatic N) is 2. The largest absolute Gasteiger partial charge is 0.495 e. The van der Waals surface area contributed by atoms with Crippen molar-refractivity contribution in [2.24, 2.45) is 0 Å². The Balaban J connectivity index is 1.87. The number of aromatic nitrogens is 2. The van der Waals surface area contributed by atoms with Gasteiger partial charge >= 0.3 is 0 Å². The van der Waals surface area contributed by atoms with Gasteiger partial charge in [0.25, 0.3) is 11.8 Å². The Bertz CT molecular complexity index is 863. The van der Waals surface area contributed by atoms with Crippen LogP contribution in [0.2, 0.25) is 5.02 Å². The van der Waals surface area contributed by atoms with Crippen molar-refractivity contribution in [2.75, 3.05) is 19.0 Å². The number of carbonyl (C=O) groups excluding carboxylic acids is 2. The van der Waals surface area contributed by atoms with Gasteiger partial charge in [0.2, 0.25) is 0 Å². The number of benzene rings is 1. The van der Waals surface area contributed by atoms with Crippen LogP contribution in [0.5, 0.6) is 5.75 Å². The van der Waals surface area contributed by atoms with Crippen molar-refractivity contribution in [3.05, 3.63) is 40.4 Å². The number of halogens is 1. The molecule has 3 rings (SSSR count). The van der Waals surface area contributed by atoms with Gasteiger partial charge in [-0.25, -0.2) is 4.98 Å². The van der Waals surface area contributed by atoms with Crippen LogP contribution in [0.15, 0.2) is 18.2 Å². The molecule has 0 radical (unpaired) electrons. The molecule has 2 N–H and O–H groups in total. The number of imidazole rings is 1. The van der Waals surface area contributed by atoms with Crippen LogP contribution in [-0.2, 0) is 13.0 Å². The van der Waals surface area contributed by atoms with Crippen molar-refractivity contribution in [1.82, 2.24) is 14.9 Å². The zero-order valence-corrected chi connectivity index (χ0v) is 16.2. The highest BCUT2D eigenvalue weighted by Crippen LogP contribution is 2.28. The standard InChI is InChI=1S/C19H23ClN4O3/c1-3-9-21-19(26)17-23-16(14-6-4-5-10-24(14)17)18(25)22-12-7-8-15(27-2)13(20)11-12/h7-8,11H,3-6,9-10H2,1-2H3,(H,21,26)(H,22,25). The predicted octanol–water partition coefficient (Wildman–Crippen LogP) is 3.27. The highest BCUT2D eigenvalue weighted by atomic mass is 35.5. The van der Waals surface area contributed by atoms with E-state index in [1.165, 1.54) is 7.11 Å². The van der Waals surface area contributed by atoms with Gasteiger partial charge in [-0.05, 0) is 43.9 Å². The van der Waals surface area contributed by atoms with Crippen LogP contribution in [0.4, 0.5) is 5.69 Å². The number of anilines is 1. The first-order chi connectivity index (χ1) is 13.0. The summed E-state index contributed by atoms with van der Waals surface area (Å²) in [6, 6.07) is 5.01. The summed E-state index contributed by atoms with van der Waals surface area (Å²) < 4.78 is 6.99. The smallest absolute Gasteiger partial charge is 0.287 e. The number of methoxy groups -OCH3 is 1. The van der Waals surface area contributed by atoms with E-state index in [1.54, 1.807) is 18.2 Å². The Morgan fingerprint density at radius 3 is 2.81 bits per heavy atom. The number of nitrogens with one attached hydrogen (secondary N) is 2. The molecule has 1 aromatic carbocycles. The second-order valence-corrected chi connectivity index (χ2v) is 6.81. The molecule has 1 aliphatic rings. The molecule has 0 spiro atoms. The molecule has 144 valence electrons. The Morgan fingerprint density at radius 2 is 2.11 bits per heavy atom. The first kappa shape index (κ1) is 19.2. The number of ether oxygens (including phenoxy) is 1. The van der Waals surface area contributed by atoms with Crippen molar-refractivity contribution in [2.45, 2.75) is 39.2 Å². The molecule has 8 heteroatoms. The van der Waals surface area contributed by atoms with E-state index in [0.717, 1.165) is 31.4 Å². The summed E-state index contributed by atoms with van der Waals surface area (Å²) in [5.74, 6) is 0.239. The summed E-state index contributed by atoms with van der Waals surface area (Å²) in [5.41, 5.74) is 1.64. The minimum absolute atomic E-state index is 0.244. The highest BCUT2D eigenvalue weighted by molar-refractivity contribution is 6.32. The molecule has 0 atom stereocenters. The molecular formula is C19H23ClN4O3. The maximum atomic E-state index is 12.8. The van der Waals surface area contributed by atoms with E-state index in [4.69, 9.17) is 16.3 Å². The molecule has 1 aromatic heterocycles. The third-order valence-corrected chi connectivity index (χ3v) is 4.78. The van der Waals surface area contributed by atoms with Crippen molar-refractivity contribution >= 4 is 29.1 Å². The maximum absolute atomic E-state index is 12.8. The molecule has 0 saturated heterocycles. The van der Waals surface area contributed by atoms with E-state index < -0.39 is 0 Å². The molecule has 0 fully saturated rings. The summed E-state index contributed by atoms with van der Waals surface area (Å²) in [7, 11) is 1.53. The lowest BCUT2D eigenvalue weighted by Gasteiger charge is -2.17. The van der Waals surface area contributed by atoms with Gasteiger partial charge in [-0.2, -0.15) is 0 Å². The lowest BCUT2D eigenvalue weighted by atomic mass is 10.1. The van der Waals surface area contributed by atoms with Gasteiger partial charge < -0.3 is 19.9 Å². The fraction of sp³-hybridized carbons (Fsp3) is 0.421. The third-order valence-electron chi connectivity index (χ3n) is 4.48. The maximum Gasteiger partial charge on any atom is 0.287 e. The number of hydrogen-bond donors (Lipinski definition) is 2. The van der Waals surface area contributed by atoms with Crippen LogP contribution in [0.1, 0.15) is 53.0 Å². The average Bonchev–Trinajstić information content (AvgIpc) is 3.06. The van der Waals surface area contributed by atoms with Crippen molar-refractivity contribution in [1.29, 1.82) is 0 Å². The molecule has 1 aliphatic heterocycles. The molecule has 0 unspecified atom stereocenters. The van der Waals surface area contributed by atoms with Gasteiger partial charge in [0.05, 0.1) is 17.8 Å². The molecule has 0 bridgehead atoms. The molecule has 27 heavy (non-hydrogen) atoms. The van der Waals surface area contributed by atoms with E-state index in [9.17, 15) is 9.59 Å². The topological polar surface area (TPSA) is 85.2 Å². The van der Waals surface area contributed by atoms with Crippen LogP contribution in [0.25, 0.3) is 0 Å².